The SMILES string of the molecule is CC(C)(C)CC(C)(C)c1ccc(OCC(=O)N/N=C\c2cc(Br)ccc2OC(=O)c2ccc(Br)cc2)cc1. The zero-order valence-electron chi connectivity index (χ0n) is 22.2. The third-order valence-electron chi connectivity index (χ3n) is 5.63. The van der Waals surface area contributed by atoms with Gasteiger partial charge in [0.25, 0.3) is 5.91 Å². The van der Waals surface area contributed by atoms with Gasteiger partial charge in [0, 0.05) is 14.5 Å². The van der Waals surface area contributed by atoms with Crippen LogP contribution in [0.25, 0.3) is 0 Å². The molecule has 0 aliphatic carbocycles. The van der Waals surface area contributed by atoms with Crippen molar-refractivity contribution in [1.82, 2.24) is 5.43 Å². The smallest absolute Gasteiger partial charge is 0.343 e. The molecular weight excluding hydrogens is 612 g/mol. The Kier molecular flexibility index (Phi) is 9.90. The summed E-state index contributed by atoms with van der Waals surface area (Å²) < 4.78 is 12.8. The van der Waals surface area contributed by atoms with Gasteiger partial charge in [0.1, 0.15) is 11.5 Å². The predicted octanol–water partition coefficient (Wildman–Crippen LogP) is 7.67. The van der Waals surface area contributed by atoms with Crippen molar-refractivity contribution in [2.24, 2.45) is 10.5 Å². The molecule has 0 spiro atoms. The van der Waals surface area contributed by atoms with Gasteiger partial charge in [-0.15, -0.1) is 0 Å². The number of hydrazone groups is 1. The van der Waals surface area contributed by atoms with Crippen molar-refractivity contribution in [3.63, 3.8) is 0 Å². The fourth-order valence-corrected chi connectivity index (χ4v) is 4.89. The number of esters is 1. The van der Waals surface area contributed by atoms with E-state index in [1.54, 1.807) is 42.5 Å². The minimum atomic E-state index is -0.500. The number of rotatable bonds is 9. The van der Waals surface area contributed by atoms with Crippen LogP contribution in [0, 0.1) is 5.41 Å². The van der Waals surface area contributed by atoms with Gasteiger partial charge >= 0.3 is 5.97 Å². The Bertz CT molecular complexity index is 1300. The lowest BCUT2D eigenvalue weighted by Gasteiger charge is -2.33. The van der Waals surface area contributed by atoms with Crippen LogP contribution in [0.2, 0.25) is 0 Å². The molecule has 6 nitrogen and oxygen atoms in total. The number of carbonyl (C=O) groups excluding carboxylic acids is 2. The van der Waals surface area contributed by atoms with Crippen molar-refractivity contribution in [2.45, 2.75) is 46.5 Å². The summed E-state index contributed by atoms with van der Waals surface area (Å²) in [4.78, 5) is 24.8. The van der Waals surface area contributed by atoms with E-state index in [2.05, 4.69) is 77.0 Å². The van der Waals surface area contributed by atoms with E-state index in [9.17, 15) is 9.59 Å². The highest BCUT2D eigenvalue weighted by atomic mass is 79.9. The molecule has 0 unspecified atom stereocenters. The van der Waals surface area contributed by atoms with Gasteiger partial charge in [0.2, 0.25) is 0 Å². The van der Waals surface area contributed by atoms with E-state index in [0.29, 0.717) is 22.6 Å². The molecular formula is C30H32Br2N2O4. The van der Waals surface area contributed by atoms with E-state index >= 15 is 0 Å². The highest BCUT2D eigenvalue weighted by molar-refractivity contribution is 9.10. The quantitative estimate of drug-likeness (QED) is 0.112. The van der Waals surface area contributed by atoms with Crippen molar-refractivity contribution in [3.05, 3.63) is 92.4 Å². The molecule has 0 aliphatic heterocycles. The fraction of sp³-hybridized carbons (Fsp3) is 0.300. The first-order valence-electron chi connectivity index (χ1n) is 12.1. The molecule has 3 aromatic rings. The molecule has 8 heteroatoms. The molecule has 1 N–H and O–H groups in total. The van der Waals surface area contributed by atoms with Gasteiger partial charge in [-0.1, -0.05) is 78.6 Å². The molecule has 3 aromatic carbocycles. The topological polar surface area (TPSA) is 77.0 Å². The summed E-state index contributed by atoms with van der Waals surface area (Å²) in [6, 6.07) is 19.8. The van der Waals surface area contributed by atoms with Crippen molar-refractivity contribution >= 4 is 50.0 Å². The van der Waals surface area contributed by atoms with E-state index in [1.165, 1.54) is 11.8 Å². The molecule has 38 heavy (non-hydrogen) atoms. The Morgan fingerprint density at radius 1 is 0.895 bits per heavy atom. The Morgan fingerprint density at radius 2 is 1.53 bits per heavy atom. The van der Waals surface area contributed by atoms with Crippen LogP contribution in [0.4, 0.5) is 0 Å². The third kappa shape index (κ3) is 9.10. The van der Waals surface area contributed by atoms with Gasteiger partial charge in [-0.2, -0.15) is 5.10 Å². The summed E-state index contributed by atoms with van der Waals surface area (Å²) in [6.07, 6.45) is 2.46. The molecule has 0 radical (unpaired) electrons. The molecule has 0 heterocycles. The molecule has 1 amide bonds. The number of benzene rings is 3. The maximum atomic E-state index is 12.5. The van der Waals surface area contributed by atoms with Crippen molar-refractivity contribution in [3.8, 4) is 11.5 Å². The number of hydrogen-bond donors (Lipinski definition) is 1. The van der Waals surface area contributed by atoms with Crippen molar-refractivity contribution in [1.29, 1.82) is 0 Å². The second kappa shape index (κ2) is 12.7. The first kappa shape index (κ1) is 29.6. The molecule has 200 valence electrons. The highest BCUT2D eigenvalue weighted by Crippen LogP contribution is 2.36. The lowest BCUT2D eigenvalue weighted by molar-refractivity contribution is -0.123. The maximum absolute atomic E-state index is 12.5. The molecule has 0 fully saturated rings. The molecule has 0 bridgehead atoms. The van der Waals surface area contributed by atoms with Crippen LogP contribution < -0.4 is 14.9 Å². The molecule has 0 atom stereocenters. The zero-order valence-corrected chi connectivity index (χ0v) is 25.4. The number of amides is 1. The van der Waals surface area contributed by atoms with Crippen molar-refractivity contribution < 1.29 is 19.1 Å². The van der Waals surface area contributed by atoms with Crippen LogP contribution in [-0.2, 0) is 10.2 Å². The van der Waals surface area contributed by atoms with E-state index < -0.39 is 11.9 Å². The third-order valence-corrected chi connectivity index (χ3v) is 6.65. The second-order valence-corrected chi connectivity index (χ2v) is 12.6. The largest absolute Gasteiger partial charge is 0.484 e. The van der Waals surface area contributed by atoms with Gasteiger partial charge in [0.15, 0.2) is 6.61 Å². The minimum absolute atomic E-state index is 0.0285. The van der Waals surface area contributed by atoms with E-state index in [0.717, 1.165) is 15.4 Å². The lowest BCUT2D eigenvalue weighted by Crippen LogP contribution is -2.25. The average Bonchev–Trinajstić information content (AvgIpc) is 2.83. The summed E-state index contributed by atoms with van der Waals surface area (Å²) in [7, 11) is 0. The van der Waals surface area contributed by atoms with E-state index in [-0.39, 0.29) is 17.4 Å². The molecule has 0 aromatic heterocycles. The summed E-state index contributed by atoms with van der Waals surface area (Å²) in [5, 5.41) is 4.00. The Hall–Kier alpha value is -2.97. The Labute approximate surface area is 241 Å². The fourth-order valence-electron chi connectivity index (χ4n) is 4.24. The summed E-state index contributed by atoms with van der Waals surface area (Å²) in [6.45, 7) is 11.0. The number of ether oxygens (including phenoxy) is 2. The normalized spacial score (nSPS) is 11.9. The van der Waals surface area contributed by atoms with Crippen LogP contribution in [-0.4, -0.2) is 24.7 Å². The van der Waals surface area contributed by atoms with Crippen LogP contribution in [0.1, 0.15) is 62.5 Å². The van der Waals surface area contributed by atoms with Crippen molar-refractivity contribution in [2.75, 3.05) is 6.61 Å². The summed E-state index contributed by atoms with van der Waals surface area (Å²) in [5.41, 5.74) is 4.84. The van der Waals surface area contributed by atoms with Gasteiger partial charge < -0.3 is 9.47 Å². The second-order valence-electron chi connectivity index (χ2n) is 10.8. The van der Waals surface area contributed by atoms with Gasteiger partial charge in [-0.3, -0.25) is 4.79 Å². The lowest BCUT2D eigenvalue weighted by atomic mass is 9.72. The van der Waals surface area contributed by atoms with Crippen LogP contribution in [0.15, 0.2) is 80.8 Å². The van der Waals surface area contributed by atoms with E-state index in [1.807, 2.05) is 24.3 Å². The standard InChI is InChI=1S/C30H32Br2N2O4/c1-29(2,3)19-30(4,5)22-8-13-25(14-9-22)37-18-27(35)34-33-17-21-16-24(32)12-15-26(21)38-28(36)20-6-10-23(31)11-7-20/h6-17H,18-19H2,1-5H3,(H,34,35)/b33-17-. The van der Waals surface area contributed by atoms with Crippen LogP contribution in [0.5, 0.6) is 11.5 Å². The Balaban J connectivity index is 1.56. The molecule has 0 saturated heterocycles. The molecule has 0 saturated carbocycles. The minimum Gasteiger partial charge on any atom is -0.484 e. The monoisotopic (exact) mass is 642 g/mol. The first-order chi connectivity index (χ1) is 17.8. The van der Waals surface area contributed by atoms with Gasteiger partial charge in [0.05, 0.1) is 11.8 Å². The maximum Gasteiger partial charge on any atom is 0.343 e. The number of hydrogen-bond acceptors (Lipinski definition) is 5. The van der Waals surface area contributed by atoms with Crippen LogP contribution >= 0.6 is 31.9 Å². The number of halogens is 2. The highest BCUT2D eigenvalue weighted by Gasteiger charge is 2.27. The molecule has 3 rings (SSSR count). The predicted molar refractivity (Wildman–Crippen MR) is 158 cm³/mol. The molecule has 0 aliphatic rings. The number of nitrogens with zero attached hydrogens (tertiary/aromatic N) is 1. The van der Waals surface area contributed by atoms with Crippen LogP contribution in [0.3, 0.4) is 0 Å². The van der Waals surface area contributed by atoms with Gasteiger partial charge in [-0.25, -0.2) is 10.2 Å². The zero-order chi connectivity index (χ0) is 27.9. The summed E-state index contributed by atoms with van der Waals surface area (Å²) >= 11 is 6.75. The number of carbonyl (C=O) groups is 2. The Morgan fingerprint density at radius 3 is 2.16 bits per heavy atom. The van der Waals surface area contributed by atoms with E-state index in [4.69, 9.17) is 9.47 Å². The summed E-state index contributed by atoms with van der Waals surface area (Å²) in [5.74, 6) is -0.0000704. The average molecular weight is 644 g/mol. The first-order valence-corrected chi connectivity index (χ1v) is 13.7. The number of nitrogens with one attached hydrogen (secondary N) is 1. The van der Waals surface area contributed by atoms with Gasteiger partial charge in [-0.05, 0) is 77.4 Å².